The second-order valence-corrected chi connectivity index (χ2v) is 5.55. The summed E-state index contributed by atoms with van der Waals surface area (Å²) in [5, 5.41) is 6.34. The summed E-state index contributed by atoms with van der Waals surface area (Å²) >= 11 is 0. The van der Waals surface area contributed by atoms with Crippen molar-refractivity contribution in [2.45, 2.75) is 44.9 Å². The molecule has 0 atom stereocenters. The van der Waals surface area contributed by atoms with Crippen LogP contribution < -0.4 is 15.4 Å². The second kappa shape index (κ2) is 3.99. The molecule has 18 heavy (non-hydrogen) atoms. The molecule has 0 spiro atoms. The highest BCUT2D eigenvalue weighted by molar-refractivity contribution is 6.00. The quantitative estimate of drug-likeness (QED) is 0.858. The van der Waals surface area contributed by atoms with Gasteiger partial charge in [0.15, 0.2) is 5.60 Å². The Bertz CT molecular complexity index is 493. The van der Waals surface area contributed by atoms with E-state index in [0.717, 1.165) is 18.0 Å². The average Bonchev–Trinajstić information content (AvgIpc) is 3.11. The summed E-state index contributed by atoms with van der Waals surface area (Å²) in [6, 6.07) is 6.63. The van der Waals surface area contributed by atoms with Crippen LogP contribution in [0.15, 0.2) is 18.2 Å². The van der Waals surface area contributed by atoms with Crippen molar-refractivity contribution in [2.75, 3.05) is 5.32 Å². The lowest BCUT2D eigenvalue weighted by atomic mass is 10.0. The number of anilines is 1. The van der Waals surface area contributed by atoms with Gasteiger partial charge in [0.1, 0.15) is 5.75 Å². The van der Waals surface area contributed by atoms with Crippen molar-refractivity contribution in [3.8, 4) is 5.75 Å². The predicted molar refractivity (Wildman–Crippen MR) is 69.6 cm³/mol. The van der Waals surface area contributed by atoms with E-state index in [4.69, 9.17) is 4.74 Å². The number of ether oxygens (including phenoxy) is 1. The first kappa shape index (κ1) is 11.5. The smallest absolute Gasteiger partial charge is 0.268 e. The first-order chi connectivity index (χ1) is 8.54. The lowest BCUT2D eigenvalue weighted by Gasteiger charge is -2.31. The third-order valence-corrected chi connectivity index (χ3v) is 3.38. The molecule has 1 fully saturated rings. The summed E-state index contributed by atoms with van der Waals surface area (Å²) in [6.45, 7) is 4.41. The van der Waals surface area contributed by atoms with Gasteiger partial charge in [-0.2, -0.15) is 0 Å². The van der Waals surface area contributed by atoms with Gasteiger partial charge in [-0.1, -0.05) is 6.07 Å². The van der Waals surface area contributed by atoms with Crippen molar-refractivity contribution in [3.05, 3.63) is 23.8 Å². The Labute approximate surface area is 107 Å². The maximum atomic E-state index is 11.7. The molecule has 1 aromatic rings. The molecule has 4 heteroatoms. The zero-order valence-corrected chi connectivity index (χ0v) is 10.7. The minimum Gasteiger partial charge on any atom is -0.476 e. The van der Waals surface area contributed by atoms with Crippen molar-refractivity contribution < 1.29 is 9.53 Å². The van der Waals surface area contributed by atoms with Crippen molar-refractivity contribution in [2.24, 2.45) is 0 Å². The molecule has 0 saturated heterocycles. The number of carbonyl (C=O) groups excluding carboxylic acids is 1. The van der Waals surface area contributed by atoms with Crippen LogP contribution in [0.5, 0.6) is 5.75 Å². The highest BCUT2D eigenvalue weighted by atomic mass is 16.5. The summed E-state index contributed by atoms with van der Waals surface area (Å²) in [7, 11) is 0. The Morgan fingerprint density at radius 3 is 2.94 bits per heavy atom. The number of rotatable bonds is 3. The molecule has 1 amide bonds. The maximum Gasteiger partial charge on any atom is 0.268 e. The monoisotopic (exact) mass is 246 g/mol. The molecule has 2 N–H and O–H groups in total. The van der Waals surface area contributed by atoms with Gasteiger partial charge in [-0.3, -0.25) is 4.79 Å². The first-order valence-corrected chi connectivity index (χ1v) is 6.41. The van der Waals surface area contributed by atoms with Gasteiger partial charge in [-0.25, -0.2) is 0 Å². The van der Waals surface area contributed by atoms with E-state index in [1.54, 1.807) is 13.8 Å². The van der Waals surface area contributed by atoms with Crippen LogP contribution in [0, 0.1) is 0 Å². The molecule has 1 heterocycles. The molecule has 4 nitrogen and oxygen atoms in total. The third kappa shape index (κ3) is 2.20. The van der Waals surface area contributed by atoms with Gasteiger partial charge in [0.25, 0.3) is 5.91 Å². The van der Waals surface area contributed by atoms with Gasteiger partial charge in [-0.15, -0.1) is 0 Å². The van der Waals surface area contributed by atoms with Crippen molar-refractivity contribution in [3.63, 3.8) is 0 Å². The summed E-state index contributed by atoms with van der Waals surface area (Å²) in [5.41, 5.74) is 1.15. The predicted octanol–water partition coefficient (Wildman–Crippen LogP) is 2.05. The van der Waals surface area contributed by atoms with Crippen LogP contribution in [0.25, 0.3) is 0 Å². The molecular formula is C14H18N2O2. The Balaban J connectivity index is 1.79. The number of hydrogen-bond donors (Lipinski definition) is 2. The molecule has 1 aliphatic carbocycles. The molecule has 0 radical (unpaired) electrons. The highest BCUT2D eigenvalue weighted by Gasteiger charge is 2.35. The van der Waals surface area contributed by atoms with Gasteiger partial charge >= 0.3 is 0 Å². The molecule has 3 rings (SSSR count). The standard InChI is InChI=1S/C14H18N2O2/c1-14(2)13(17)16-11-6-3-9(7-12(11)18-14)8-15-10-4-5-10/h3,6-7,10,15H,4-5,8H2,1-2H3,(H,16,17). The zero-order valence-electron chi connectivity index (χ0n) is 10.7. The summed E-state index contributed by atoms with van der Waals surface area (Å²) < 4.78 is 5.75. The largest absolute Gasteiger partial charge is 0.476 e. The van der Waals surface area contributed by atoms with Gasteiger partial charge in [-0.05, 0) is 44.4 Å². The molecule has 96 valence electrons. The third-order valence-electron chi connectivity index (χ3n) is 3.38. The Hall–Kier alpha value is -1.55. The van der Waals surface area contributed by atoms with Crippen LogP contribution in [0.1, 0.15) is 32.3 Å². The number of hydrogen-bond acceptors (Lipinski definition) is 3. The lowest BCUT2D eigenvalue weighted by molar-refractivity contribution is -0.129. The van der Waals surface area contributed by atoms with E-state index in [2.05, 4.69) is 10.6 Å². The van der Waals surface area contributed by atoms with Gasteiger partial charge in [0.2, 0.25) is 0 Å². The Morgan fingerprint density at radius 2 is 2.22 bits per heavy atom. The second-order valence-electron chi connectivity index (χ2n) is 5.55. The fourth-order valence-electron chi connectivity index (χ4n) is 2.01. The summed E-state index contributed by atoms with van der Waals surface area (Å²) in [6.07, 6.45) is 2.56. The van der Waals surface area contributed by atoms with Crippen LogP contribution >= 0.6 is 0 Å². The average molecular weight is 246 g/mol. The van der Waals surface area contributed by atoms with Crippen molar-refractivity contribution >= 4 is 11.6 Å². The molecular weight excluding hydrogens is 228 g/mol. The molecule has 0 bridgehead atoms. The van der Waals surface area contributed by atoms with Crippen LogP contribution in [0.4, 0.5) is 5.69 Å². The van der Waals surface area contributed by atoms with Gasteiger partial charge < -0.3 is 15.4 Å². The Kier molecular flexibility index (Phi) is 2.55. The highest BCUT2D eigenvalue weighted by Crippen LogP contribution is 2.34. The number of amides is 1. The normalized spacial score (nSPS) is 20.9. The van der Waals surface area contributed by atoms with Crippen LogP contribution in [-0.2, 0) is 11.3 Å². The van der Waals surface area contributed by atoms with E-state index in [1.807, 2.05) is 18.2 Å². The van der Waals surface area contributed by atoms with Crippen LogP contribution in [-0.4, -0.2) is 17.6 Å². The number of fused-ring (bicyclic) bond motifs is 1. The van der Waals surface area contributed by atoms with E-state index < -0.39 is 5.60 Å². The van der Waals surface area contributed by atoms with E-state index in [1.165, 1.54) is 18.4 Å². The van der Waals surface area contributed by atoms with Crippen LogP contribution in [0.2, 0.25) is 0 Å². The summed E-state index contributed by atoms with van der Waals surface area (Å²) in [5.74, 6) is 0.661. The minimum absolute atomic E-state index is 0.0983. The number of nitrogens with one attached hydrogen (secondary N) is 2. The SMILES string of the molecule is CC1(C)Oc2cc(CNC3CC3)ccc2NC1=O. The molecule has 1 aliphatic heterocycles. The van der Waals surface area contributed by atoms with Gasteiger partial charge in [0, 0.05) is 12.6 Å². The fraction of sp³-hybridized carbons (Fsp3) is 0.500. The van der Waals surface area contributed by atoms with E-state index >= 15 is 0 Å². The minimum atomic E-state index is -0.796. The zero-order chi connectivity index (χ0) is 12.8. The molecule has 1 saturated carbocycles. The first-order valence-electron chi connectivity index (χ1n) is 6.41. The number of carbonyl (C=O) groups is 1. The van der Waals surface area contributed by atoms with E-state index in [-0.39, 0.29) is 5.91 Å². The topological polar surface area (TPSA) is 50.4 Å². The maximum absolute atomic E-state index is 11.7. The summed E-state index contributed by atoms with van der Waals surface area (Å²) in [4.78, 5) is 11.7. The Morgan fingerprint density at radius 1 is 1.44 bits per heavy atom. The molecule has 2 aliphatic rings. The van der Waals surface area contributed by atoms with Crippen molar-refractivity contribution in [1.29, 1.82) is 0 Å². The lowest BCUT2D eigenvalue weighted by Crippen LogP contribution is -2.45. The molecule has 0 unspecified atom stereocenters. The van der Waals surface area contributed by atoms with Crippen LogP contribution in [0.3, 0.4) is 0 Å². The molecule has 1 aromatic carbocycles. The van der Waals surface area contributed by atoms with Crippen molar-refractivity contribution in [1.82, 2.24) is 5.32 Å². The van der Waals surface area contributed by atoms with Gasteiger partial charge in [0.05, 0.1) is 5.69 Å². The number of benzene rings is 1. The molecule has 0 aromatic heterocycles. The van der Waals surface area contributed by atoms with E-state index in [0.29, 0.717) is 6.04 Å². The van der Waals surface area contributed by atoms with E-state index in [9.17, 15) is 4.79 Å². The fourth-order valence-corrected chi connectivity index (χ4v) is 2.01.